The number of ether oxygens (including phenoxy) is 1. The summed E-state index contributed by atoms with van der Waals surface area (Å²) in [5.41, 5.74) is 0. The summed E-state index contributed by atoms with van der Waals surface area (Å²) in [6.07, 6.45) is -3.81. The monoisotopic (exact) mass is 134 g/mol. The molecule has 0 spiro atoms. The summed E-state index contributed by atoms with van der Waals surface area (Å²) < 4.78 is 4.64. The van der Waals surface area contributed by atoms with E-state index in [4.69, 9.17) is 15.3 Å². The van der Waals surface area contributed by atoms with Gasteiger partial charge in [-0.3, -0.25) is 0 Å². The van der Waals surface area contributed by atoms with Gasteiger partial charge in [-0.2, -0.15) is 0 Å². The molecule has 1 rings (SSSR count). The van der Waals surface area contributed by atoms with E-state index in [9.17, 15) is 0 Å². The molecule has 0 bridgehead atoms. The van der Waals surface area contributed by atoms with Gasteiger partial charge in [0.15, 0.2) is 6.29 Å². The first-order valence-corrected chi connectivity index (χ1v) is 2.82. The molecule has 0 amide bonds. The molecule has 0 aromatic carbocycles. The molecule has 4 atom stereocenters. The minimum absolute atomic E-state index is 0.477. The lowest BCUT2D eigenvalue weighted by Crippen LogP contribution is -2.31. The van der Waals surface area contributed by atoms with Crippen LogP contribution in [0.2, 0.25) is 0 Å². The Hall–Kier alpha value is -0.160. The summed E-state index contributed by atoms with van der Waals surface area (Å²) in [6, 6.07) is 0. The molecule has 4 nitrogen and oxygen atoms in total. The molecule has 0 aromatic heterocycles. The van der Waals surface area contributed by atoms with E-state index in [1.54, 1.807) is 6.92 Å². The largest absolute Gasteiger partial charge is 0.388 e. The summed E-state index contributed by atoms with van der Waals surface area (Å²) in [5.74, 6) is 0. The first-order valence-electron chi connectivity index (χ1n) is 2.82. The van der Waals surface area contributed by atoms with Crippen LogP contribution in [0.15, 0.2) is 0 Å². The lowest BCUT2D eigenvalue weighted by molar-refractivity contribution is -0.124. The van der Waals surface area contributed by atoms with Gasteiger partial charge in [-0.15, -0.1) is 0 Å². The molecule has 1 fully saturated rings. The zero-order valence-corrected chi connectivity index (χ0v) is 5.06. The summed E-state index contributed by atoms with van der Waals surface area (Å²) >= 11 is 0. The summed E-state index contributed by atoms with van der Waals surface area (Å²) in [4.78, 5) is 0. The second-order valence-electron chi connectivity index (χ2n) is 2.21. The Balaban J connectivity index is 2.54. The average Bonchev–Trinajstić information content (AvgIpc) is 1.98. The fraction of sp³-hybridized carbons (Fsp3) is 1.00. The molecule has 4 heteroatoms. The fourth-order valence-corrected chi connectivity index (χ4v) is 0.827. The topological polar surface area (TPSA) is 69.9 Å². The predicted molar refractivity (Wildman–Crippen MR) is 28.6 cm³/mol. The van der Waals surface area contributed by atoms with Gasteiger partial charge in [0.1, 0.15) is 12.2 Å². The number of aliphatic hydroxyl groups is 3. The van der Waals surface area contributed by atoms with Gasteiger partial charge in [0.2, 0.25) is 0 Å². The highest BCUT2D eigenvalue weighted by molar-refractivity contribution is 4.82. The molecule has 0 aromatic rings. The lowest BCUT2D eigenvalue weighted by Gasteiger charge is -2.07. The SMILES string of the molecule is C[C@@H]1O[C@H](O)[C@@H](O)[C@H]1O. The van der Waals surface area contributed by atoms with Crippen molar-refractivity contribution in [2.45, 2.75) is 31.5 Å². The molecule has 9 heavy (non-hydrogen) atoms. The van der Waals surface area contributed by atoms with Gasteiger partial charge < -0.3 is 20.1 Å². The maximum atomic E-state index is 8.90. The molecule has 1 aliphatic heterocycles. The van der Waals surface area contributed by atoms with Crippen LogP contribution in [0.25, 0.3) is 0 Å². The van der Waals surface area contributed by atoms with Gasteiger partial charge in [-0.05, 0) is 6.92 Å². The van der Waals surface area contributed by atoms with Crippen molar-refractivity contribution >= 4 is 0 Å². The van der Waals surface area contributed by atoms with Crippen molar-refractivity contribution in [2.75, 3.05) is 0 Å². The van der Waals surface area contributed by atoms with E-state index in [0.29, 0.717) is 0 Å². The highest BCUT2D eigenvalue weighted by Gasteiger charge is 2.38. The van der Waals surface area contributed by atoms with Gasteiger partial charge in [0.25, 0.3) is 0 Å². The van der Waals surface area contributed by atoms with Crippen molar-refractivity contribution in [3.05, 3.63) is 0 Å². The van der Waals surface area contributed by atoms with Gasteiger partial charge >= 0.3 is 0 Å². The Morgan fingerprint density at radius 2 is 1.67 bits per heavy atom. The van der Waals surface area contributed by atoms with Gasteiger partial charge in [0, 0.05) is 0 Å². The van der Waals surface area contributed by atoms with Crippen molar-refractivity contribution in [1.82, 2.24) is 0 Å². The van der Waals surface area contributed by atoms with Crippen LogP contribution in [-0.2, 0) is 4.74 Å². The zero-order valence-electron chi connectivity index (χ0n) is 5.06. The molecule has 3 N–H and O–H groups in total. The van der Waals surface area contributed by atoms with E-state index < -0.39 is 24.6 Å². The average molecular weight is 134 g/mol. The van der Waals surface area contributed by atoms with E-state index in [0.717, 1.165) is 0 Å². The zero-order chi connectivity index (χ0) is 7.02. The van der Waals surface area contributed by atoms with Gasteiger partial charge in [0.05, 0.1) is 6.10 Å². The molecular formula is C5H10O4. The molecule has 0 saturated carbocycles. The van der Waals surface area contributed by atoms with E-state index in [1.807, 2.05) is 0 Å². The van der Waals surface area contributed by atoms with Crippen molar-refractivity contribution in [1.29, 1.82) is 0 Å². The highest BCUT2D eigenvalue weighted by Crippen LogP contribution is 2.18. The van der Waals surface area contributed by atoms with E-state index in [2.05, 4.69) is 4.74 Å². The van der Waals surface area contributed by atoms with Gasteiger partial charge in [-0.25, -0.2) is 0 Å². The predicted octanol–water partition coefficient (Wildman–Crippen LogP) is -1.55. The Kier molecular flexibility index (Phi) is 1.72. The molecule has 1 heterocycles. The Bertz CT molecular complexity index is 93.1. The quantitative estimate of drug-likeness (QED) is 0.375. The van der Waals surface area contributed by atoms with E-state index >= 15 is 0 Å². The number of rotatable bonds is 0. The van der Waals surface area contributed by atoms with E-state index in [1.165, 1.54) is 0 Å². The Morgan fingerprint density at radius 1 is 1.11 bits per heavy atom. The smallest absolute Gasteiger partial charge is 0.183 e. The minimum Gasteiger partial charge on any atom is -0.388 e. The van der Waals surface area contributed by atoms with Crippen LogP contribution >= 0.6 is 0 Å². The van der Waals surface area contributed by atoms with Crippen molar-refractivity contribution in [3.63, 3.8) is 0 Å². The normalized spacial score (nSPS) is 52.0. The van der Waals surface area contributed by atoms with Crippen LogP contribution in [0.5, 0.6) is 0 Å². The third kappa shape index (κ3) is 1.07. The fourth-order valence-electron chi connectivity index (χ4n) is 0.827. The van der Waals surface area contributed by atoms with Crippen molar-refractivity contribution in [3.8, 4) is 0 Å². The molecule has 0 aliphatic carbocycles. The summed E-state index contributed by atoms with van der Waals surface area (Å²) in [5, 5.41) is 26.4. The van der Waals surface area contributed by atoms with Crippen molar-refractivity contribution < 1.29 is 20.1 Å². The van der Waals surface area contributed by atoms with Crippen molar-refractivity contribution in [2.24, 2.45) is 0 Å². The molecule has 1 aliphatic rings. The summed E-state index contributed by atoms with van der Waals surface area (Å²) in [7, 11) is 0. The number of hydrogen-bond donors (Lipinski definition) is 3. The Morgan fingerprint density at radius 3 is 1.78 bits per heavy atom. The minimum atomic E-state index is -1.23. The van der Waals surface area contributed by atoms with Crippen LogP contribution in [0.3, 0.4) is 0 Å². The van der Waals surface area contributed by atoms with Gasteiger partial charge in [-0.1, -0.05) is 0 Å². The van der Waals surface area contributed by atoms with Crippen LogP contribution in [0.1, 0.15) is 6.92 Å². The molecule has 0 radical (unpaired) electrons. The standard InChI is InChI=1S/C5H10O4/c1-2-3(6)4(7)5(8)9-2/h2-8H,1H3/t2-,3-,4-,5-/m0/s1. The highest BCUT2D eigenvalue weighted by atomic mass is 16.6. The maximum absolute atomic E-state index is 8.90. The summed E-state index contributed by atoms with van der Waals surface area (Å²) in [6.45, 7) is 1.59. The Labute approximate surface area is 52.7 Å². The molecule has 54 valence electrons. The first-order chi connectivity index (χ1) is 4.13. The van der Waals surface area contributed by atoms with Crippen LogP contribution in [0.4, 0.5) is 0 Å². The van der Waals surface area contributed by atoms with Crippen LogP contribution < -0.4 is 0 Å². The third-order valence-electron chi connectivity index (χ3n) is 1.48. The van der Waals surface area contributed by atoms with E-state index in [-0.39, 0.29) is 0 Å². The second kappa shape index (κ2) is 2.22. The van der Waals surface area contributed by atoms with Crippen LogP contribution in [0, 0.1) is 0 Å². The number of hydrogen-bond acceptors (Lipinski definition) is 4. The molecular weight excluding hydrogens is 124 g/mol. The maximum Gasteiger partial charge on any atom is 0.183 e. The first kappa shape index (κ1) is 6.95. The third-order valence-corrected chi connectivity index (χ3v) is 1.48. The number of aliphatic hydroxyl groups excluding tert-OH is 3. The lowest BCUT2D eigenvalue weighted by atomic mass is 10.2. The molecule has 0 unspecified atom stereocenters. The molecule has 1 saturated heterocycles. The second-order valence-corrected chi connectivity index (χ2v) is 2.21. The van der Waals surface area contributed by atoms with Crippen LogP contribution in [-0.4, -0.2) is 39.9 Å².